The van der Waals surface area contributed by atoms with E-state index < -0.39 is 12.0 Å². The average Bonchev–Trinajstić information content (AvgIpc) is 3.07. The van der Waals surface area contributed by atoms with Crippen LogP contribution in [0.1, 0.15) is 27.5 Å². The summed E-state index contributed by atoms with van der Waals surface area (Å²) >= 11 is 1.48. The number of thiazole rings is 1. The number of anilines is 1. The highest BCUT2D eigenvalue weighted by atomic mass is 32.1. The number of fused-ring (bicyclic) bond motifs is 1. The van der Waals surface area contributed by atoms with Crippen molar-refractivity contribution in [2.75, 3.05) is 5.32 Å². The Morgan fingerprint density at radius 3 is 2.52 bits per heavy atom. The van der Waals surface area contributed by atoms with Crippen molar-refractivity contribution in [3.63, 3.8) is 0 Å². The van der Waals surface area contributed by atoms with Crippen LogP contribution in [0.5, 0.6) is 0 Å². The first kappa shape index (κ1) is 15.7. The summed E-state index contributed by atoms with van der Waals surface area (Å²) in [6.07, 6.45) is -4.61. The first-order valence-corrected chi connectivity index (χ1v) is 7.59. The monoisotopic (exact) mass is 342 g/mol. The molecule has 23 heavy (non-hydrogen) atoms. The van der Waals surface area contributed by atoms with E-state index in [0.717, 1.165) is 20.6 Å². The molecule has 3 heterocycles. The lowest BCUT2D eigenvalue weighted by Crippen LogP contribution is -2.15. The van der Waals surface area contributed by atoms with Crippen LogP contribution in [-0.2, 0) is 12.7 Å². The largest absolute Gasteiger partial charge is 0.453 e. The fraction of sp³-hybridized carbons (Fsp3) is 0.385. The second-order valence-corrected chi connectivity index (χ2v) is 6.01. The van der Waals surface area contributed by atoms with Gasteiger partial charge in [0.05, 0.1) is 17.7 Å². The minimum absolute atomic E-state index is 0.106. The van der Waals surface area contributed by atoms with Crippen LogP contribution in [0.2, 0.25) is 0 Å². The number of hydrogen-bond acceptors (Lipinski definition) is 6. The molecule has 0 unspecified atom stereocenters. The zero-order chi connectivity index (χ0) is 16.8. The molecule has 6 nitrogen and oxygen atoms in total. The molecule has 3 aromatic heterocycles. The molecular weight excluding hydrogens is 329 g/mol. The van der Waals surface area contributed by atoms with Crippen molar-refractivity contribution in [1.29, 1.82) is 0 Å². The van der Waals surface area contributed by atoms with Gasteiger partial charge in [0.1, 0.15) is 0 Å². The molecule has 0 aliphatic heterocycles. The number of halogens is 3. The number of nitrogens with one attached hydrogen (secondary N) is 1. The molecule has 0 aliphatic carbocycles. The van der Waals surface area contributed by atoms with Gasteiger partial charge < -0.3 is 5.32 Å². The molecule has 0 atom stereocenters. The first-order valence-electron chi connectivity index (χ1n) is 6.71. The molecule has 0 aromatic carbocycles. The predicted molar refractivity (Wildman–Crippen MR) is 79.4 cm³/mol. The third-order valence-electron chi connectivity index (χ3n) is 3.61. The van der Waals surface area contributed by atoms with Crippen LogP contribution in [0.4, 0.5) is 19.0 Å². The van der Waals surface area contributed by atoms with Gasteiger partial charge in [-0.3, -0.25) is 0 Å². The molecule has 0 fully saturated rings. The SMILES string of the molecule is Cc1ncsc1CNc1nn2c(C(F)(F)F)nnc2c(C)c1C. The van der Waals surface area contributed by atoms with Gasteiger partial charge in [-0.2, -0.15) is 17.7 Å². The third-order valence-corrected chi connectivity index (χ3v) is 4.54. The van der Waals surface area contributed by atoms with E-state index in [2.05, 4.69) is 25.6 Å². The van der Waals surface area contributed by atoms with Gasteiger partial charge >= 0.3 is 6.18 Å². The highest BCUT2D eigenvalue weighted by Crippen LogP contribution is 2.29. The Labute approximate surface area is 133 Å². The molecule has 3 rings (SSSR count). The molecule has 122 valence electrons. The number of nitrogens with zero attached hydrogens (tertiary/aromatic N) is 5. The van der Waals surface area contributed by atoms with Gasteiger partial charge in [-0.05, 0) is 26.3 Å². The van der Waals surface area contributed by atoms with Crippen molar-refractivity contribution in [3.8, 4) is 0 Å². The van der Waals surface area contributed by atoms with Crippen molar-refractivity contribution in [2.45, 2.75) is 33.5 Å². The molecule has 0 bridgehead atoms. The van der Waals surface area contributed by atoms with Crippen molar-refractivity contribution in [1.82, 2.24) is 24.8 Å². The summed E-state index contributed by atoms with van der Waals surface area (Å²) in [6.45, 7) is 5.80. The van der Waals surface area contributed by atoms with Crippen LogP contribution in [0.15, 0.2) is 5.51 Å². The van der Waals surface area contributed by atoms with E-state index in [1.807, 2.05) is 6.92 Å². The second kappa shape index (κ2) is 5.44. The van der Waals surface area contributed by atoms with E-state index in [1.165, 1.54) is 11.3 Å². The fourth-order valence-electron chi connectivity index (χ4n) is 2.13. The Balaban J connectivity index is 2.03. The van der Waals surface area contributed by atoms with Gasteiger partial charge in [0.25, 0.3) is 5.82 Å². The van der Waals surface area contributed by atoms with Crippen LogP contribution in [-0.4, -0.2) is 24.8 Å². The third kappa shape index (κ3) is 2.74. The predicted octanol–water partition coefficient (Wildman–Crippen LogP) is 3.14. The number of alkyl halides is 3. The zero-order valence-corrected chi connectivity index (χ0v) is 13.4. The van der Waals surface area contributed by atoms with E-state index in [-0.39, 0.29) is 5.65 Å². The lowest BCUT2D eigenvalue weighted by Gasteiger charge is -2.12. The summed E-state index contributed by atoms with van der Waals surface area (Å²) in [4.78, 5) is 5.14. The maximum Gasteiger partial charge on any atom is 0.453 e. The number of rotatable bonds is 3. The van der Waals surface area contributed by atoms with Crippen molar-refractivity contribution < 1.29 is 13.2 Å². The highest BCUT2D eigenvalue weighted by molar-refractivity contribution is 7.09. The summed E-state index contributed by atoms with van der Waals surface area (Å²) in [5.74, 6) is -0.763. The standard InChI is InChI=1S/C13H13F3N6S/c1-6-7(2)11-19-20-12(13(14,15)16)22(11)21-10(6)17-4-9-8(3)18-5-23-9/h5H,4H2,1-3H3,(H,17,21). The van der Waals surface area contributed by atoms with Gasteiger partial charge in [-0.15, -0.1) is 26.6 Å². The molecule has 0 saturated heterocycles. The van der Waals surface area contributed by atoms with E-state index in [1.54, 1.807) is 19.4 Å². The quantitative estimate of drug-likeness (QED) is 0.792. The molecule has 0 radical (unpaired) electrons. The number of aryl methyl sites for hydroxylation is 2. The minimum atomic E-state index is -4.61. The van der Waals surface area contributed by atoms with Crippen LogP contribution in [0.25, 0.3) is 5.65 Å². The topological polar surface area (TPSA) is 68.0 Å². The lowest BCUT2D eigenvalue weighted by molar-refractivity contribution is -0.146. The molecule has 0 aliphatic rings. The van der Waals surface area contributed by atoms with E-state index in [0.29, 0.717) is 17.9 Å². The lowest BCUT2D eigenvalue weighted by atomic mass is 10.2. The highest BCUT2D eigenvalue weighted by Gasteiger charge is 2.38. The molecule has 3 aromatic rings. The molecule has 10 heteroatoms. The van der Waals surface area contributed by atoms with E-state index >= 15 is 0 Å². The van der Waals surface area contributed by atoms with Gasteiger partial charge in [0, 0.05) is 10.4 Å². The first-order chi connectivity index (χ1) is 10.8. The maximum atomic E-state index is 13.0. The zero-order valence-electron chi connectivity index (χ0n) is 12.6. The summed E-state index contributed by atoms with van der Waals surface area (Å²) < 4.78 is 39.7. The smallest absolute Gasteiger partial charge is 0.363 e. The van der Waals surface area contributed by atoms with Crippen molar-refractivity contribution >= 4 is 22.8 Å². The summed E-state index contributed by atoms with van der Waals surface area (Å²) in [7, 11) is 0. The molecule has 0 saturated carbocycles. The number of hydrogen-bond donors (Lipinski definition) is 1. The Hall–Kier alpha value is -2.23. The second-order valence-electron chi connectivity index (χ2n) is 5.07. The minimum Gasteiger partial charge on any atom is -0.363 e. The molecule has 0 amide bonds. The molecular formula is C13H13F3N6S. The maximum absolute atomic E-state index is 13.0. The van der Waals surface area contributed by atoms with Gasteiger partial charge in [0.15, 0.2) is 11.5 Å². The Morgan fingerprint density at radius 2 is 1.91 bits per heavy atom. The summed E-state index contributed by atoms with van der Waals surface area (Å²) in [6, 6.07) is 0. The van der Waals surface area contributed by atoms with Crippen LogP contribution in [0.3, 0.4) is 0 Å². The van der Waals surface area contributed by atoms with E-state index in [4.69, 9.17) is 0 Å². The fourth-order valence-corrected chi connectivity index (χ4v) is 2.85. The number of aromatic nitrogens is 5. The Morgan fingerprint density at radius 1 is 1.17 bits per heavy atom. The van der Waals surface area contributed by atoms with E-state index in [9.17, 15) is 13.2 Å². The van der Waals surface area contributed by atoms with Crippen LogP contribution in [0, 0.1) is 20.8 Å². The van der Waals surface area contributed by atoms with Gasteiger partial charge in [-0.1, -0.05) is 0 Å². The molecule has 1 N–H and O–H groups in total. The van der Waals surface area contributed by atoms with Crippen molar-refractivity contribution in [3.05, 3.63) is 33.0 Å². The summed E-state index contributed by atoms with van der Waals surface area (Å²) in [5.41, 5.74) is 4.06. The molecule has 0 spiro atoms. The Bertz CT molecular complexity index is 867. The normalized spacial score (nSPS) is 12.1. The van der Waals surface area contributed by atoms with Gasteiger partial charge in [-0.25, -0.2) is 4.98 Å². The van der Waals surface area contributed by atoms with Crippen LogP contribution >= 0.6 is 11.3 Å². The Kier molecular flexibility index (Phi) is 3.71. The van der Waals surface area contributed by atoms with Crippen molar-refractivity contribution in [2.24, 2.45) is 0 Å². The average molecular weight is 342 g/mol. The van der Waals surface area contributed by atoms with Gasteiger partial charge in [0.2, 0.25) is 0 Å². The van der Waals surface area contributed by atoms with Crippen LogP contribution < -0.4 is 5.32 Å². The summed E-state index contributed by atoms with van der Waals surface area (Å²) in [5, 5.41) is 13.9.